The van der Waals surface area contributed by atoms with Crippen molar-refractivity contribution in [2.45, 2.75) is 0 Å². The Balaban J connectivity index is 1.66. The second kappa shape index (κ2) is 7.24. The number of hydrogen-bond donors (Lipinski definition) is 1. The Kier molecular flexibility index (Phi) is 4.87. The zero-order valence-corrected chi connectivity index (χ0v) is 14.0. The molecule has 0 fully saturated rings. The van der Waals surface area contributed by atoms with Crippen LogP contribution in [-0.2, 0) is 4.79 Å². The van der Waals surface area contributed by atoms with Gasteiger partial charge >= 0.3 is 6.01 Å². The predicted molar refractivity (Wildman–Crippen MR) is 93.4 cm³/mol. The third kappa shape index (κ3) is 4.28. The lowest BCUT2D eigenvalue weighted by atomic mass is 10.2. The Labute approximate surface area is 149 Å². The van der Waals surface area contributed by atoms with Gasteiger partial charge in [-0.1, -0.05) is 28.8 Å². The van der Waals surface area contributed by atoms with Crippen LogP contribution in [0.4, 0.5) is 11.7 Å². The van der Waals surface area contributed by atoms with Crippen molar-refractivity contribution in [2.24, 2.45) is 0 Å². The van der Waals surface area contributed by atoms with Crippen molar-refractivity contribution >= 4 is 46.6 Å². The second-order valence-corrected chi connectivity index (χ2v) is 6.41. The van der Waals surface area contributed by atoms with Gasteiger partial charge in [-0.25, -0.2) is 0 Å². The van der Waals surface area contributed by atoms with Gasteiger partial charge in [0.2, 0.25) is 0 Å². The maximum atomic E-state index is 11.9. The van der Waals surface area contributed by atoms with Gasteiger partial charge in [0.15, 0.2) is 0 Å². The molecule has 0 radical (unpaired) electrons. The van der Waals surface area contributed by atoms with Crippen molar-refractivity contribution in [3.05, 3.63) is 62.5 Å². The lowest BCUT2D eigenvalue weighted by Crippen LogP contribution is -2.07. The van der Waals surface area contributed by atoms with Crippen LogP contribution in [0.5, 0.6) is 0 Å². The number of nitro benzene ring substituents is 1. The van der Waals surface area contributed by atoms with Crippen molar-refractivity contribution in [1.82, 2.24) is 10.2 Å². The molecule has 0 aliphatic carbocycles. The van der Waals surface area contributed by atoms with Crippen LogP contribution in [0.25, 0.3) is 16.8 Å². The summed E-state index contributed by atoms with van der Waals surface area (Å²) in [4.78, 5) is 22.8. The Morgan fingerprint density at radius 3 is 2.88 bits per heavy atom. The van der Waals surface area contributed by atoms with Crippen LogP contribution in [0.2, 0.25) is 4.34 Å². The van der Waals surface area contributed by atoms with Crippen LogP contribution in [0.3, 0.4) is 0 Å². The van der Waals surface area contributed by atoms with Gasteiger partial charge in [0, 0.05) is 18.2 Å². The van der Waals surface area contributed by atoms with Gasteiger partial charge in [0.1, 0.15) is 0 Å². The molecule has 1 aromatic carbocycles. The molecular weight excluding hydrogens is 368 g/mol. The Morgan fingerprint density at radius 1 is 1.32 bits per heavy atom. The van der Waals surface area contributed by atoms with Gasteiger partial charge in [-0.2, -0.15) is 0 Å². The molecule has 3 aromatic rings. The van der Waals surface area contributed by atoms with E-state index in [2.05, 4.69) is 15.5 Å². The number of halogens is 1. The van der Waals surface area contributed by atoms with Gasteiger partial charge in [0.05, 0.1) is 14.1 Å². The monoisotopic (exact) mass is 376 g/mol. The lowest BCUT2D eigenvalue weighted by Gasteiger charge is -1.95. The van der Waals surface area contributed by atoms with Crippen LogP contribution < -0.4 is 5.32 Å². The third-order valence-electron chi connectivity index (χ3n) is 2.95. The summed E-state index contributed by atoms with van der Waals surface area (Å²) in [5.41, 5.74) is 0.461. The molecule has 3 rings (SSSR count). The summed E-state index contributed by atoms with van der Waals surface area (Å²) in [5, 5.41) is 20.7. The predicted octanol–water partition coefficient (Wildman–Crippen LogP) is 4.01. The van der Waals surface area contributed by atoms with E-state index in [0.717, 1.165) is 0 Å². The fraction of sp³-hybridized carbons (Fsp3) is 0. The normalized spacial score (nSPS) is 10.9. The van der Waals surface area contributed by atoms with E-state index in [1.807, 2.05) is 0 Å². The van der Waals surface area contributed by atoms with Crippen molar-refractivity contribution < 1.29 is 14.1 Å². The number of non-ortho nitro benzene ring substituents is 1. The molecule has 2 aromatic heterocycles. The quantitative estimate of drug-likeness (QED) is 0.409. The average molecular weight is 377 g/mol. The molecule has 126 valence electrons. The van der Waals surface area contributed by atoms with E-state index in [9.17, 15) is 14.9 Å². The number of nitrogens with one attached hydrogen (secondary N) is 1. The first-order chi connectivity index (χ1) is 12.0. The number of benzene rings is 1. The molecule has 0 unspecified atom stereocenters. The van der Waals surface area contributed by atoms with Gasteiger partial charge in [0.25, 0.3) is 17.5 Å². The van der Waals surface area contributed by atoms with Crippen LogP contribution in [-0.4, -0.2) is 21.0 Å². The highest BCUT2D eigenvalue weighted by Gasteiger charge is 2.12. The van der Waals surface area contributed by atoms with E-state index in [0.29, 0.717) is 14.8 Å². The van der Waals surface area contributed by atoms with Crippen LogP contribution in [0.1, 0.15) is 5.56 Å². The first kappa shape index (κ1) is 16.8. The van der Waals surface area contributed by atoms with E-state index >= 15 is 0 Å². The molecular formula is C15H9ClN4O4S. The Morgan fingerprint density at radius 2 is 2.16 bits per heavy atom. The summed E-state index contributed by atoms with van der Waals surface area (Å²) in [6.07, 6.45) is 2.66. The highest BCUT2D eigenvalue weighted by atomic mass is 35.5. The molecule has 0 bridgehead atoms. The number of rotatable bonds is 5. The molecule has 25 heavy (non-hydrogen) atoms. The summed E-state index contributed by atoms with van der Waals surface area (Å²) in [7, 11) is 0. The van der Waals surface area contributed by atoms with Crippen molar-refractivity contribution in [2.75, 3.05) is 5.32 Å². The number of amides is 1. The maximum Gasteiger partial charge on any atom is 0.322 e. The van der Waals surface area contributed by atoms with Crippen LogP contribution in [0, 0.1) is 10.1 Å². The van der Waals surface area contributed by atoms with Crippen molar-refractivity contribution in [3.63, 3.8) is 0 Å². The first-order valence-electron chi connectivity index (χ1n) is 6.84. The maximum absolute atomic E-state index is 11.9. The Bertz CT molecular complexity index is 966. The summed E-state index contributed by atoms with van der Waals surface area (Å²) < 4.78 is 5.91. The van der Waals surface area contributed by atoms with Gasteiger partial charge in [-0.3, -0.25) is 20.2 Å². The van der Waals surface area contributed by atoms with E-state index in [4.69, 9.17) is 16.0 Å². The molecule has 0 saturated carbocycles. The van der Waals surface area contributed by atoms with Gasteiger partial charge in [-0.15, -0.1) is 16.4 Å². The summed E-state index contributed by atoms with van der Waals surface area (Å²) in [6.45, 7) is 0. The largest absolute Gasteiger partial charge is 0.402 e. The van der Waals surface area contributed by atoms with Crippen molar-refractivity contribution in [1.29, 1.82) is 0 Å². The number of nitro groups is 1. The van der Waals surface area contributed by atoms with E-state index in [1.54, 1.807) is 18.2 Å². The number of hydrogen-bond acceptors (Lipinski definition) is 7. The average Bonchev–Trinajstić information content (AvgIpc) is 3.22. The highest BCUT2D eigenvalue weighted by molar-refractivity contribution is 7.19. The van der Waals surface area contributed by atoms with Gasteiger partial charge < -0.3 is 4.42 Å². The molecule has 0 atom stereocenters. The third-order valence-corrected chi connectivity index (χ3v) is 4.17. The minimum absolute atomic E-state index is 0.0568. The van der Waals surface area contributed by atoms with Crippen LogP contribution >= 0.6 is 22.9 Å². The van der Waals surface area contributed by atoms with E-state index in [1.165, 1.54) is 41.7 Å². The molecule has 10 heteroatoms. The standard InChI is InChI=1S/C15H9ClN4O4S/c16-12-6-5-11(25-12)14-18-19-15(24-14)17-13(21)7-4-9-2-1-3-10(8-9)20(22)23/h1-8H,(H,17,19,21). The minimum Gasteiger partial charge on any atom is -0.402 e. The number of carbonyl (C=O) groups is 1. The Hall–Kier alpha value is -3.04. The zero-order valence-electron chi connectivity index (χ0n) is 12.4. The molecule has 1 amide bonds. The first-order valence-corrected chi connectivity index (χ1v) is 8.03. The molecule has 0 spiro atoms. The van der Waals surface area contributed by atoms with Crippen molar-refractivity contribution in [3.8, 4) is 10.8 Å². The molecule has 0 saturated heterocycles. The van der Waals surface area contributed by atoms with E-state index in [-0.39, 0.29) is 17.6 Å². The molecule has 0 aliphatic rings. The smallest absolute Gasteiger partial charge is 0.322 e. The van der Waals surface area contributed by atoms with E-state index < -0.39 is 10.8 Å². The number of aromatic nitrogens is 2. The highest BCUT2D eigenvalue weighted by Crippen LogP contribution is 2.30. The molecule has 2 heterocycles. The van der Waals surface area contributed by atoms with Crippen LogP contribution in [0.15, 0.2) is 46.9 Å². The number of thiophene rings is 1. The summed E-state index contributed by atoms with van der Waals surface area (Å²) >= 11 is 7.11. The molecule has 1 N–H and O–H groups in total. The summed E-state index contributed by atoms with van der Waals surface area (Å²) in [6, 6.07) is 9.27. The summed E-state index contributed by atoms with van der Waals surface area (Å²) in [5.74, 6) is -0.263. The number of anilines is 1. The fourth-order valence-electron chi connectivity index (χ4n) is 1.86. The number of nitrogens with zero attached hydrogens (tertiary/aromatic N) is 3. The second-order valence-electron chi connectivity index (χ2n) is 4.69. The lowest BCUT2D eigenvalue weighted by molar-refractivity contribution is -0.384. The zero-order chi connectivity index (χ0) is 17.8. The fourth-order valence-corrected chi connectivity index (χ4v) is 2.83. The van der Waals surface area contributed by atoms with Gasteiger partial charge in [-0.05, 0) is 23.8 Å². The number of carbonyl (C=O) groups excluding carboxylic acids is 1. The topological polar surface area (TPSA) is 111 Å². The molecule has 8 nitrogen and oxygen atoms in total. The minimum atomic E-state index is -0.508. The molecule has 0 aliphatic heterocycles. The SMILES string of the molecule is O=C(C=Cc1cccc([N+](=O)[O-])c1)Nc1nnc(-c2ccc(Cl)s2)o1.